The van der Waals surface area contributed by atoms with E-state index in [0.29, 0.717) is 12.3 Å². The predicted molar refractivity (Wildman–Crippen MR) is 85.9 cm³/mol. The zero-order valence-electron chi connectivity index (χ0n) is 10.9. The summed E-state index contributed by atoms with van der Waals surface area (Å²) in [5, 5.41) is 2.96. The van der Waals surface area contributed by atoms with Crippen molar-refractivity contribution in [1.29, 1.82) is 0 Å². The summed E-state index contributed by atoms with van der Waals surface area (Å²) in [6.45, 7) is 0. The van der Waals surface area contributed by atoms with Gasteiger partial charge in [-0.25, -0.2) is 0 Å². The van der Waals surface area contributed by atoms with Crippen LogP contribution in [0.25, 0.3) is 0 Å². The third-order valence-corrected chi connectivity index (χ3v) is 3.75. The Labute approximate surface area is 132 Å². The van der Waals surface area contributed by atoms with Gasteiger partial charge >= 0.3 is 0 Å². The van der Waals surface area contributed by atoms with E-state index in [4.69, 9.17) is 11.6 Å². The third kappa shape index (κ3) is 4.36. The summed E-state index contributed by atoms with van der Waals surface area (Å²) >= 11 is 9.35. The van der Waals surface area contributed by atoms with Crippen molar-refractivity contribution in [2.75, 3.05) is 5.88 Å². The summed E-state index contributed by atoms with van der Waals surface area (Å²) in [6, 6.07) is 17.3. The SMILES string of the molecule is O=C(Cc1cccc(Br)c1)NC(CCl)c1ccccc1. The zero-order valence-corrected chi connectivity index (χ0v) is 13.2. The van der Waals surface area contributed by atoms with Crippen LogP contribution in [0.4, 0.5) is 0 Å². The van der Waals surface area contributed by atoms with Crippen LogP contribution in [0.15, 0.2) is 59.1 Å². The van der Waals surface area contributed by atoms with Crippen LogP contribution in [0.2, 0.25) is 0 Å². The first kappa shape index (κ1) is 15.1. The van der Waals surface area contributed by atoms with Crippen LogP contribution in [0, 0.1) is 0 Å². The molecule has 2 nitrogen and oxygen atoms in total. The fraction of sp³-hybridized carbons (Fsp3) is 0.188. The second kappa shape index (κ2) is 7.46. The Hall–Kier alpha value is -1.32. The number of alkyl halides is 1. The summed E-state index contributed by atoms with van der Waals surface area (Å²) in [7, 11) is 0. The first-order chi connectivity index (χ1) is 9.69. The Morgan fingerprint density at radius 2 is 1.90 bits per heavy atom. The number of carbonyl (C=O) groups excluding carboxylic acids is 1. The van der Waals surface area contributed by atoms with Crippen LogP contribution in [0.3, 0.4) is 0 Å². The Balaban J connectivity index is 2.00. The van der Waals surface area contributed by atoms with Gasteiger partial charge in [-0.3, -0.25) is 4.79 Å². The minimum absolute atomic E-state index is 0.0300. The molecule has 2 aromatic rings. The van der Waals surface area contributed by atoms with Gasteiger partial charge < -0.3 is 5.32 Å². The quantitative estimate of drug-likeness (QED) is 0.807. The Kier molecular flexibility index (Phi) is 5.62. The number of hydrogen-bond donors (Lipinski definition) is 1. The maximum atomic E-state index is 12.1. The number of benzene rings is 2. The van der Waals surface area contributed by atoms with Gasteiger partial charge in [0.25, 0.3) is 0 Å². The molecule has 4 heteroatoms. The van der Waals surface area contributed by atoms with Gasteiger partial charge in [0.05, 0.1) is 12.5 Å². The molecule has 2 aromatic carbocycles. The molecule has 1 amide bonds. The van der Waals surface area contributed by atoms with Gasteiger partial charge in [0.2, 0.25) is 5.91 Å². The van der Waals surface area contributed by atoms with Gasteiger partial charge in [0, 0.05) is 10.4 Å². The molecule has 0 aromatic heterocycles. The molecule has 0 bridgehead atoms. The molecule has 104 valence electrons. The molecule has 0 fully saturated rings. The third-order valence-electron chi connectivity index (χ3n) is 2.95. The molecule has 20 heavy (non-hydrogen) atoms. The maximum Gasteiger partial charge on any atom is 0.224 e. The highest BCUT2D eigenvalue weighted by molar-refractivity contribution is 9.10. The summed E-state index contributed by atoms with van der Waals surface area (Å²) in [4.78, 5) is 12.1. The number of amides is 1. The first-order valence-corrected chi connectivity index (χ1v) is 7.66. The smallest absolute Gasteiger partial charge is 0.224 e. The minimum atomic E-state index is -0.155. The summed E-state index contributed by atoms with van der Waals surface area (Å²) in [6.07, 6.45) is 0.347. The number of rotatable bonds is 5. The van der Waals surface area contributed by atoms with E-state index >= 15 is 0 Å². The van der Waals surface area contributed by atoms with Crippen molar-refractivity contribution in [1.82, 2.24) is 5.32 Å². The van der Waals surface area contributed by atoms with E-state index in [1.807, 2.05) is 54.6 Å². The highest BCUT2D eigenvalue weighted by atomic mass is 79.9. The first-order valence-electron chi connectivity index (χ1n) is 6.34. The molecule has 0 saturated heterocycles. The van der Waals surface area contributed by atoms with Crippen molar-refractivity contribution >= 4 is 33.4 Å². The molecule has 2 rings (SSSR count). The number of carbonyl (C=O) groups is 1. The molecule has 0 aliphatic heterocycles. The van der Waals surface area contributed by atoms with Crippen LogP contribution in [0.1, 0.15) is 17.2 Å². The minimum Gasteiger partial charge on any atom is -0.348 e. The van der Waals surface area contributed by atoms with Crippen LogP contribution < -0.4 is 5.32 Å². The highest BCUT2D eigenvalue weighted by Crippen LogP contribution is 2.15. The predicted octanol–water partition coefficient (Wildman–Crippen LogP) is 4.09. The molecular weight excluding hydrogens is 338 g/mol. The number of halogens is 2. The van der Waals surface area contributed by atoms with Crippen molar-refractivity contribution in [3.8, 4) is 0 Å². The molecular formula is C16H15BrClNO. The Morgan fingerprint density at radius 3 is 2.55 bits per heavy atom. The average Bonchev–Trinajstić information content (AvgIpc) is 2.45. The average molecular weight is 353 g/mol. The summed E-state index contributed by atoms with van der Waals surface area (Å²) < 4.78 is 0.972. The molecule has 0 heterocycles. The molecule has 0 aliphatic rings. The molecule has 0 spiro atoms. The van der Waals surface area contributed by atoms with Crippen molar-refractivity contribution in [2.24, 2.45) is 0 Å². The van der Waals surface area contributed by atoms with Crippen molar-refractivity contribution in [2.45, 2.75) is 12.5 Å². The molecule has 0 saturated carbocycles. The molecule has 0 radical (unpaired) electrons. The van der Waals surface area contributed by atoms with Gasteiger partial charge in [-0.05, 0) is 23.3 Å². The maximum absolute atomic E-state index is 12.1. The number of nitrogens with one attached hydrogen (secondary N) is 1. The molecule has 1 unspecified atom stereocenters. The van der Waals surface area contributed by atoms with Gasteiger partial charge in [0.15, 0.2) is 0 Å². The van der Waals surface area contributed by atoms with E-state index in [-0.39, 0.29) is 11.9 Å². The molecule has 1 atom stereocenters. The van der Waals surface area contributed by atoms with E-state index in [1.165, 1.54) is 0 Å². The normalized spacial score (nSPS) is 11.9. The standard InChI is InChI=1S/C16H15BrClNO/c17-14-8-4-5-12(9-14)10-16(20)19-15(11-18)13-6-2-1-3-7-13/h1-9,15H,10-11H2,(H,19,20). The van der Waals surface area contributed by atoms with E-state index in [2.05, 4.69) is 21.2 Å². The Bertz CT molecular complexity index is 574. The van der Waals surface area contributed by atoms with E-state index in [0.717, 1.165) is 15.6 Å². The lowest BCUT2D eigenvalue weighted by Gasteiger charge is -2.16. The topological polar surface area (TPSA) is 29.1 Å². The monoisotopic (exact) mass is 351 g/mol. The fourth-order valence-corrected chi connectivity index (χ4v) is 2.68. The second-order valence-electron chi connectivity index (χ2n) is 4.49. The lowest BCUT2D eigenvalue weighted by atomic mass is 10.1. The van der Waals surface area contributed by atoms with Crippen LogP contribution in [-0.2, 0) is 11.2 Å². The van der Waals surface area contributed by atoms with Crippen molar-refractivity contribution in [3.63, 3.8) is 0 Å². The number of hydrogen-bond acceptors (Lipinski definition) is 1. The second-order valence-corrected chi connectivity index (χ2v) is 5.72. The van der Waals surface area contributed by atoms with E-state index < -0.39 is 0 Å². The van der Waals surface area contributed by atoms with Crippen LogP contribution >= 0.6 is 27.5 Å². The fourth-order valence-electron chi connectivity index (χ4n) is 1.97. The lowest BCUT2D eigenvalue weighted by Crippen LogP contribution is -2.30. The largest absolute Gasteiger partial charge is 0.348 e. The van der Waals surface area contributed by atoms with Crippen LogP contribution in [-0.4, -0.2) is 11.8 Å². The van der Waals surface area contributed by atoms with Crippen molar-refractivity contribution < 1.29 is 4.79 Å². The highest BCUT2D eigenvalue weighted by Gasteiger charge is 2.13. The zero-order chi connectivity index (χ0) is 14.4. The van der Waals surface area contributed by atoms with E-state index in [1.54, 1.807) is 0 Å². The van der Waals surface area contributed by atoms with E-state index in [9.17, 15) is 4.79 Å². The summed E-state index contributed by atoms with van der Waals surface area (Å²) in [5.41, 5.74) is 1.99. The molecule has 1 N–H and O–H groups in total. The van der Waals surface area contributed by atoms with Gasteiger partial charge in [-0.1, -0.05) is 58.4 Å². The van der Waals surface area contributed by atoms with Gasteiger partial charge in [-0.2, -0.15) is 0 Å². The Morgan fingerprint density at radius 1 is 1.15 bits per heavy atom. The lowest BCUT2D eigenvalue weighted by molar-refractivity contribution is -0.121. The summed E-state index contributed by atoms with van der Waals surface area (Å²) in [5.74, 6) is 0.325. The molecule has 0 aliphatic carbocycles. The van der Waals surface area contributed by atoms with Gasteiger partial charge in [-0.15, -0.1) is 11.6 Å². The van der Waals surface area contributed by atoms with Crippen molar-refractivity contribution in [3.05, 3.63) is 70.2 Å². The van der Waals surface area contributed by atoms with Gasteiger partial charge in [0.1, 0.15) is 0 Å². The van der Waals surface area contributed by atoms with Crippen LogP contribution in [0.5, 0.6) is 0 Å².